The Morgan fingerprint density at radius 3 is 2.62 bits per heavy atom. The first kappa shape index (κ1) is 18.1. The molecule has 1 aliphatic carbocycles. The molecule has 0 bridgehead atoms. The Morgan fingerprint density at radius 1 is 1.29 bits per heavy atom. The van der Waals surface area contributed by atoms with Crippen LogP contribution in [0, 0.1) is 5.92 Å². The lowest BCUT2D eigenvalue weighted by atomic mass is 9.95. The van der Waals surface area contributed by atoms with Crippen molar-refractivity contribution >= 4 is 23.6 Å². The smallest absolute Gasteiger partial charge is 0.222 e. The zero-order valence-electron chi connectivity index (χ0n) is 13.7. The lowest BCUT2D eigenvalue weighted by molar-refractivity contribution is -0.123. The third-order valence-electron chi connectivity index (χ3n) is 3.76. The quantitative estimate of drug-likeness (QED) is 0.396. The first-order chi connectivity index (χ1) is 10.1. The highest BCUT2D eigenvalue weighted by Gasteiger charge is 2.21. The molecule has 6 heteroatoms. The Hall–Kier alpha value is -0.910. The van der Waals surface area contributed by atoms with Crippen molar-refractivity contribution in [2.45, 2.75) is 50.8 Å². The molecule has 0 saturated heterocycles. The summed E-state index contributed by atoms with van der Waals surface area (Å²) in [6.07, 6.45) is 7.21. The normalized spacial score (nSPS) is 23.0. The molecule has 0 aromatic carbocycles. The van der Waals surface area contributed by atoms with Crippen LogP contribution in [0.3, 0.4) is 0 Å². The lowest BCUT2D eigenvalue weighted by Crippen LogP contribution is -2.47. The molecule has 2 atom stereocenters. The molecule has 2 unspecified atom stereocenters. The van der Waals surface area contributed by atoms with Crippen molar-refractivity contribution in [2.24, 2.45) is 10.9 Å². The van der Waals surface area contributed by atoms with E-state index < -0.39 is 0 Å². The van der Waals surface area contributed by atoms with Gasteiger partial charge in [0.25, 0.3) is 0 Å². The minimum Gasteiger partial charge on any atom is -0.355 e. The number of amides is 1. The first-order valence-electron chi connectivity index (χ1n) is 7.84. The van der Waals surface area contributed by atoms with Crippen LogP contribution < -0.4 is 16.0 Å². The number of thioether (sulfide) groups is 1. The number of carbonyl (C=O) groups is 1. The highest BCUT2D eigenvalue weighted by atomic mass is 32.2. The third-order valence-corrected chi connectivity index (χ3v) is 4.86. The molecular weight excluding hydrogens is 284 g/mol. The van der Waals surface area contributed by atoms with E-state index in [1.54, 1.807) is 7.05 Å². The summed E-state index contributed by atoms with van der Waals surface area (Å²) in [5, 5.41) is 10.4. The van der Waals surface area contributed by atoms with Crippen LogP contribution in [0.4, 0.5) is 0 Å². The zero-order chi connectivity index (χ0) is 15.7. The number of guanidine groups is 1. The average molecular weight is 314 g/mol. The van der Waals surface area contributed by atoms with E-state index in [1.165, 1.54) is 25.7 Å². The van der Waals surface area contributed by atoms with E-state index in [0.29, 0.717) is 19.1 Å². The number of nitrogens with zero attached hydrogens (tertiary/aromatic N) is 1. The molecular formula is C15H30N4OS. The van der Waals surface area contributed by atoms with E-state index >= 15 is 0 Å². The van der Waals surface area contributed by atoms with E-state index in [1.807, 2.05) is 25.6 Å². The lowest BCUT2D eigenvalue weighted by Gasteiger charge is -2.29. The van der Waals surface area contributed by atoms with E-state index in [2.05, 4.69) is 27.2 Å². The fraction of sp³-hybridized carbons (Fsp3) is 0.867. The summed E-state index contributed by atoms with van der Waals surface area (Å²) in [5.74, 6) is 0.962. The van der Waals surface area contributed by atoms with Crippen molar-refractivity contribution in [2.75, 3.05) is 26.4 Å². The van der Waals surface area contributed by atoms with Gasteiger partial charge in [0.05, 0.1) is 0 Å². The average Bonchev–Trinajstić information content (AvgIpc) is 2.50. The number of aliphatic imine (C=N–C) groups is 1. The molecule has 0 aromatic rings. The maximum Gasteiger partial charge on any atom is 0.222 e. The fourth-order valence-electron chi connectivity index (χ4n) is 2.45. The number of rotatable bonds is 6. The van der Waals surface area contributed by atoms with Gasteiger partial charge in [-0.3, -0.25) is 9.79 Å². The van der Waals surface area contributed by atoms with Crippen molar-refractivity contribution in [1.82, 2.24) is 16.0 Å². The van der Waals surface area contributed by atoms with Gasteiger partial charge in [0, 0.05) is 37.3 Å². The van der Waals surface area contributed by atoms with E-state index in [4.69, 9.17) is 0 Å². The monoisotopic (exact) mass is 314 g/mol. The second-order valence-corrected chi connectivity index (χ2v) is 6.95. The minimum atomic E-state index is 0.0353. The van der Waals surface area contributed by atoms with Gasteiger partial charge in [0.15, 0.2) is 5.96 Å². The number of hydrogen-bond acceptors (Lipinski definition) is 3. The van der Waals surface area contributed by atoms with Gasteiger partial charge >= 0.3 is 0 Å². The van der Waals surface area contributed by atoms with Gasteiger partial charge in [-0.25, -0.2) is 0 Å². The Balaban J connectivity index is 2.24. The van der Waals surface area contributed by atoms with Crippen molar-refractivity contribution in [3.8, 4) is 0 Å². The topological polar surface area (TPSA) is 65.5 Å². The van der Waals surface area contributed by atoms with Crippen LogP contribution in [0.25, 0.3) is 0 Å². The van der Waals surface area contributed by atoms with Crippen LogP contribution in [0.2, 0.25) is 0 Å². The van der Waals surface area contributed by atoms with Crippen LogP contribution in [0.5, 0.6) is 0 Å². The van der Waals surface area contributed by atoms with Gasteiger partial charge in [-0.2, -0.15) is 11.8 Å². The predicted molar refractivity (Wildman–Crippen MR) is 91.9 cm³/mol. The predicted octanol–water partition coefficient (Wildman–Crippen LogP) is 1.60. The summed E-state index contributed by atoms with van der Waals surface area (Å²) in [6, 6.07) is 0.507. The maximum atomic E-state index is 11.5. The molecule has 0 radical (unpaired) electrons. The molecule has 122 valence electrons. The molecule has 1 amide bonds. The highest BCUT2D eigenvalue weighted by Crippen LogP contribution is 2.26. The Morgan fingerprint density at radius 2 is 2.00 bits per heavy atom. The van der Waals surface area contributed by atoms with Crippen molar-refractivity contribution < 1.29 is 4.79 Å². The summed E-state index contributed by atoms with van der Waals surface area (Å²) < 4.78 is 0. The second kappa shape index (κ2) is 9.92. The Bertz CT molecular complexity index is 347. The van der Waals surface area contributed by atoms with Crippen LogP contribution in [0.15, 0.2) is 4.99 Å². The van der Waals surface area contributed by atoms with Crippen molar-refractivity contribution in [3.05, 3.63) is 0 Å². The molecule has 1 rings (SSSR count). The molecule has 0 heterocycles. The van der Waals surface area contributed by atoms with Gasteiger partial charge in [-0.15, -0.1) is 0 Å². The summed E-state index contributed by atoms with van der Waals surface area (Å²) in [4.78, 5) is 15.7. The minimum absolute atomic E-state index is 0.0353. The van der Waals surface area contributed by atoms with E-state index in [9.17, 15) is 4.79 Å². The molecule has 1 fully saturated rings. The van der Waals surface area contributed by atoms with Gasteiger partial charge in [-0.1, -0.05) is 20.3 Å². The Labute approximate surface area is 133 Å². The Kier molecular flexibility index (Phi) is 8.57. The summed E-state index contributed by atoms with van der Waals surface area (Å²) in [5.41, 5.74) is 0. The van der Waals surface area contributed by atoms with Gasteiger partial charge in [0.1, 0.15) is 0 Å². The first-order valence-corrected chi connectivity index (χ1v) is 9.13. The molecule has 5 nitrogen and oxygen atoms in total. The standard InChI is InChI=1S/C15H30N4OS/c1-11(2)14(20)17-8-9-18-15(16-3)19-12-6-5-7-13(10-12)21-4/h11-13H,5-10H2,1-4H3,(H,17,20)(H2,16,18,19). The maximum absolute atomic E-state index is 11.5. The van der Waals surface area contributed by atoms with Crippen LogP contribution >= 0.6 is 11.8 Å². The second-order valence-electron chi connectivity index (χ2n) is 5.81. The largest absolute Gasteiger partial charge is 0.355 e. The van der Waals surface area contributed by atoms with Gasteiger partial charge in [-0.05, 0) is 25.5 Å². The molecule has 1 aliphatic rings. The molecule has 1 saturated carbocycles. The highest BCUT2D eigenvalue weighted by molar-refractivity contribution is 7.99. The van der Waals surface area contributed by atoms with Crippen LogP contribution in [0.1, 0.15) is 39.5 Å². The summed E-state index contributed by atoms with van der Waals surface area (Å²) in [7, 11) is 1.79. The van der Waals surface area contributed by atoms with Crippen LogP contribution in [-0.2, 0) is 4.79 Å². The van der Waals surface area contributed by atoms with Crippen LogP contribution in [-0.4, -0.2) is 49.6 Å². The third kappa shape index (κ3) is 7.07. The van der Waals surface area contributed by atoms with E-state index in [0.717, 1.165) is 11.2 Å². The number of nitrogens with one attached hydrogen (secondary N) is 3. The van der Waals surface area contributed by atoms with Crippen molar-refractivity contribution in [3.63, 3.8) is 0 Å². The molecule has 0 spiro atoms. The summed E-state index contributed by atoms with van der Waals surface area (Å²) in [6.45, 7) is 5.11. The van der Waals surface area contributed by atoms with Crippen molar-refractivity contribution in [1.29, 1.82) is 0 Å². The molecule has 3 N–H and O–H groups in total. The van der Waals surface area contributed by atoms with Gasteiger partial charge in [0.2, 0.25) is 5.91 Å². The number of hydrogen-bond donors (Lipinski definition) is 3. The molecule has 0 aromatic heterocycles. The fourth-order valence-corrected chi connectivity index (χ4v) is 3.28. The number of carbonyl (C=O) groups excluding carboxylic acids is 1. The zero-order valence-corrected chi connectivity index (χ0v) is 14.6. The summed E-state index contributed by atoms with van der Waals surface area (Å²) >= 11 is 1.96. The molecule has 21 heavy (non-hydrogen) atoms. The van der Waals surface area contributed by atoms with Gasteiger partial charge < -0.3 is 16.0 Å². The molecule has 0 aliphatic heterocycles. The van der Waals surface area contributed by atoms with E-state index in [-0.39, 0.29) is 11.8 Å². The SMILES string of the molecule is CN=C(NCCNC(=O)C(C)C)NC1CCCC(SC)C1.